The van der Waals surface area contributed by atoms with E-state index in [2.05, 4.69) is 0 Å². The zero-order valence-corrected chi connectivity index (χ0v) is 10.2. The molecule has 1 radical (unpaired) electrons. The molecule has 0 spiro atoms. The summed E-state index contributed by atoms with van der Waals surface area (Å²) in [5.74, 6) is 0. The molecule has 6 heavy (non-hydrogen) atoms. The van der Waals surface area contributed by atoms with E-state index >= 15 is 0 Å². The van der Waals surface area contributed by atoms with Crippen LogP contribution >= 0.6 is 0 Å². The minimum absolute atomic E-state index is 0. The van der Waals surface area contributed by atoms with Gasteiger partial charge in [-0.05, 0) is 0 Å². The van der Waals surface area contributed by atoms with Crippen molar-refractivity contribution < 1.29 is 39.5 Å². The van der Waals surface area contributed by atoms with E-state index in [1.807, 2.05) is 0 Å². The third-order valence-electron chi connectivity index (χ3n) is 0. The summed E-state index contributed by atoms with van der Waals surface area (Å²) in [6, 6.07) is 0. The Morgan fingerprint density at radius 3 is 1.17 bits per heavy atom. The summed E-state index contributed by atoms with van der Waals surface area (Å²) in [4.78, 5) is 0. The van der Waals surface area contributed by atoms with Gasteiger partial charge in [-0.2, -0.15) is 0 Å². The van der Waals surface area contributed by atoms with Crippen molar-refractivity contribution in [1.29, 1.82) is 0 Å². The summed E-state index contributed by atoms with van der Waals surface area (Å²) in [5.41, 5.74) is 0. The number of hydrogen-bond acceptors (Lipinski definition) is 0. The molecular formula is H5KLiNaNbSbTa. The molecule has 0 aliphatic heterocycles. The molecule has 0 nitrogen and oxygen atoms in total. The fourth-order valence-corrected chi connectivity index (χ4v) is 0. The van der Waals surface area contributed by atoms with Gasteiger partial charge in [0.1, 0.15) is 0 Å². The van der Waals surface area contributed by atoms with E-state index in [-0.39, 0.29) is 122 Å². The summed E-state index contributed by atoms with van der Waals surface area (Å²) in [5, 5.41) is 0. The van der Waals surface area contributed by atoms with Gasteiger partial charge >= 0.3 is 136 Å². The monoisotopic (exact) mass is 469 g/mol. The first-order valence-electron chi connectivity index (χ1n) is 0.258. The van der Waals surface area contributed by atoms with Crippen LogP contribution in [0.25, 0.3) is 0 Å². The van der Waals surface area contributed by atoms with Gasteiger partial charge < -0.3 is 0 Å². The van der Waals surface area contributed by atoms with E-state index in [0.29, 0.717) is 0 Å². The van der Waals surface area contributed by atoms with E-state index < -0.39 is 0 Å². The van der Waals surface area contributed by atoms with Crippen LogP contribution in [0.3, 0.4) is 0 Å². The van der Waals surface area contributed by atoms with Gasteiger partial charge in [0.05, 0.1) is 0 Å². The summed E-state index contributed by atoms with van der Waals surface area (Å²) < 4.78 is 0. The van der Waals surface area contributed by atoms with Gasteiger partial charge in [-0.25, -0.2) is 0 Å². The molecule has 0 amide bonds. The van der Waals surface area contributed by atoms with Gasteiger partial charge in [0.25, 0.3) is 0 Å². The van der Waals surface area contributed by atoms with Crippen LogP contribution in [0.4, 0.5) is 0 Å². The molecule has 0 N–H and O–H groups in total. The van der Waals surface area contributed by atoms with Crippen LogP contribution in [0.5, 0.6) is 0 Å². The first kappa shape index (κ1) is 30.0. The van der Waals surface area contributed by atoms with Crippen LogP contribution in [0.2, 0.25) is 0 Å². The Labute approximate surface area is 154 Å². The maximum absolute atomic E-state index is 1.57. The van der Waals surface area contributed by atoms with Crippen LogP contribution in [0.1, 0.15) is 0 Å². The normalized spacial score (nSPS) is 0.833. The van der Waals surface area contributed by atoms with E-state index in [1.54, 1.807) is 17.1 Å². The van der Waals surface area contributed by atoms with Crippen molar-refractivity contribution in [2.75, 3.05) is 0 Å². The average molecular weight is 470 g/mol. The average Bonchev–Trinajstić information content (AvgIpc) is 1.00. The Bertz CT molecular complexity index is 15.5. The molecule has 0 aromatic heterocycles. The second-order valence-electron chi connectivity index (χ2n) is 0. The van der Waals surface area contributed by atoms with Crippen LogP contribution in [0, 0.1) is 0 Å². The number of hydrogen-bond donors (Lipinski definition) is 0. The van der Waals surface area contributed by atoms with Gasteiger partial charge in [0, 0.05) is 22.4 Å². The topological polar surface area (TPSA) is 0 Å². The van der Waals surface area contributed by atoms with E-state index in [9.17, 15) is 0 Å². The van der Waals surface area contributed by atoms with Crippen molar-refractivity contribution >= 4 is 119 Å². The molecule has 0 aliphatic rings. The molecule has 0 fully saturated rings. The fourth-order valence-electron chi connectivity index (χ4n) is 0. The molecule has 0 atom stereocenters. The van der Waals surface area contributed by atoms with Crippen LogP contribution < -0.4 is 0 Å². The van der Waals surface area contributed by atoms with Gasteiger partial charge in [0.2, 0.25) is 0 Å². The first-order chi connectivity index (χ1) is 1.00. The predicted octanol–water partition coefficient (Wildman–Crippen LogP) is -2.87. The number of rotatable bonds is 0. The molecule has 0 aliphatic carbocycles. The van der Waals surface area contributed by atoms with Gasteiger partial charge in [-0.15, -0.1) is 0 Å². The first-order valence-corrected chi connectivity index (χ1v) is 14.2. The molecule has 0 unspecified atom stereocenters. The van der Waals surface area contributed by atoms with Crippen molar-refractivity contribution in [3.63, 3.8) is 0 Å². The van der Waals surface area contributed by atoms with Crippen molar-refractivity contribution in [2.45, 2.75) is 0 Å². The third kappa shape index (κ3) is 22.7. The second-order valence-corrected chi connectivity index (χ2v) is 0. The molecule has 0 aromatic rings. The Kier molecular flexibility index (Phi) is 156. The third-order valence-corrected chi connectivity index (χ3v) is 0. The predicted molar refractivity (Wildman–Crippen MR) is 30.0 cm³/mol. The Balaban J connectivity index is -0.000000000833. The van der Waals surface area contributed by atoms with Gasteiger partial charge in [-0.1, -0.05) is 0 Å². The standard InChI is InChI=1S/K.Li.Na.Nb.Sb.Ta.5H. The SMILES string of the molecule is [KH].[LiH].[NaH].[Nb].[SbH2][Ta]. The Morgan fingerprint density at radius 2 is 1.17 bits per heavy atom. The van der Waals surface area contributed by atoms with Crippen LogP contribution in [-0.2, 0) is 39.5 Å². The zero-order valence-electron chi connectivity index (χ0n) is 1.47. The summed E-state index contributed by atoms with van der Waals surface area (Å²) in [6.07, 6.45) is 0. The summed E-state index contributed by atoms with van der Waals surface area (Å²) in [6.45, 7) is 0. The molecular weight excluding hydrogens is 465 g/mol. The van der Waals surface area contributed by atoms with Crippen molar-refractivity contribution in [3.8, 4) is 0 Å². The molecule has 6 heteroatoms. The Morgan fingerprint density at radius 1 is 1.17 bits per heavy atom. The molecule has 0 aromatic carbocycles. The van der Waals surface area contributed by atoms with Crippen LogP contribution in [0.15, 0.2) is 0 Å². The van der Waals surface area contributed by atoms with Gasteiger partial charge in [-0.3, -0.25) is 0 Å². The molecule has 0 heterocycles. The minimum atomic E-state index is 0. The van der Waals surface area contributed by atoms with E-state index in [1.165, 1.54) is 19.4 Å². The quantitative estimate of drug-likeness (QED) is 0.335. The van der Waals surface area contributed by atoms with E-state index in [4.69, 9.17) is 0 Å². The summed E-state index contributed by atoms with van der Waals surface area (Å²) >= 11 is 3.04. The molecule has 0 bridgehead atoms. The Hall–Kier alpha value is 5.53. The van der Waals surface area contributed by atoms with Gasteiger partial charge in [0.15, 0.2) is 0 Å². The summed E-state index contributed by atoms with van der Waals surface area (Å²) in [7, 11) is 0. The molecule has 23 valence electrons. The van der Waals surface area contributed by atoms with Crippen molar-refractivity contribution in [2.24, 2.45) is 0 Å². The van der Waals surface area contributed by atoms with E-state index in [0.717, 1.165) is 0 Å². The fraction of sp³-hybridized carbons (Fsp3) is 0. The van der Waals surface area contributed by atoms with Crippen molar-refractivity contribution in [3.05, 3.63) is 0 Å². The second kappa shape index (κ2) is 31.3. The maximum atomic E-state index is 1.57. The van der Waals surface area contributed by atoms with Crippen LogP contribution in [-0.4, -0.2) is 119 Å². The zero-order chi connectivity index (χ0) is 2.00. The molecule has 0 saturated heterocycles. The molecule has 0 saturated carbocycles. The molecule has 0 rings (SSSR count). The van der Waals surface area contributed by atoms with Crippen molar-refractivity contribution in [1.82, 2.24) is 0 Å².